The maximum absolute atomic E-state index is 12.4. The van der Waals surface area contributed by atoms with Crippen LogP contribution >= 0.6 is 11.8 Å². The van der Waals surface area contributed by atoms with Crippen LogP contribution < -0.4 is 11.1 Å². The summed E-state index contributed by atoms with van der Waals surface area (Å²) in [6.45, 7) is 0. The third-order valence-electron chi connectivity index (χ3n) is 2.81. The number of hydrogen-bond donors (Lipinski definition) is 2. The number of alkyl halides is 2. The zero-order chi connectivity index (χ0) is 13.8. The second kappa shape index (κ2) is 6.16. The van der Waals surface area contributed by atoms with Gasteiger partial charge in [0.05, 0.1) is 11.6 Å². The lowest BCUT2D eigenvalue weighted by Gasteiger charge is -2.13. The first-order valence-corrected chi connectivity index (χ1v) is 6.73. The predicted molar refractivity (Wildman–Crippen MR) is 72.2 cm³/mol. The molecule has 3 N–H and O–H groups in total. The van der Waals surface area contributed by atoms with Gasteiger partial charge in [-0.3, -0.25) is 4.79 Å². The van der Waals surface area contributed by atoms with E-state index in [4.69, 9.17) is 5.73 Å². The van der Waals surface area contributed by atoms with E-state index < -0.39 is 5.76 Å². The van der Waals surface area contributed by atoms with Crippen LogP contribution in [0.3, 0.4) is 0 Å². The highest BCUT2D eigenvalue weighted by molar-refractivity contribution is 7.99. The lowest BCUT2D eigenvalue weighted by atomic mass is 10.1. The van der Waals surface area contributed by atoms with E-state index in [2.05, 4.69) is 5.32 Å². The second-order valence-corrected chi connectivity index (χ2v) is 5.29. The molecule has 102 valence electrons. The minimum Gasteiger partial charge on any atom is -0.325 e. The van der Waals surface area contributed by atoms with Gasteiger partial charge in [0.25, 0.3) is 5.76 Å². The fraction of sp³-hybridized carbons (Fsp3) is 0.308. The summed E-state index contributed by atoms with van der Waals surface area (Å²) in [5.41, 5.74) is 6.09. The zero-order valence-electron chi connectivity index (χ0n) is 10.1. The molecule has 0 aliphatic heterocycles. The van der Waals surface area contributed by atoms with E-state index in [1.165, 1.54) is 0 Å². The molecule has 0 bridgehead atoms. The molecule has 1 aromatic rings. The second-order valence-electron chi connectivity index (χ2n) is 4.25. The van der Waals surface area contributed by atoms with E-state index >= 15 is 0 Å². The first-order valence-electron chi connectivity index (χ1n) is 5.85. The standard InChI is InChI=1S/C13H14F2N2OS/c14-13(15)19-11-4-2-1-3-10(11)17-12(18)8-5-6-9(16)7-8/h1-6,8-9,13H,7,16H2,(H,17,18). The molecular formula is C13H14F2N2OS. The van der Waals surface area contributed by atoms with E-state index in [1.807, 2.05) is 0 Å². The van der Waals surface area contributed by atoms with E-state index in [-0.39, 0.29) is 17.9 Å². The Hall–Kier alpha value is -1.40. The third kappa shape index (κ3) is 3.78. The van der Waals surface area contributed by atoms with E-state index in [0.29, 0.717) is 28.8 Å². The van der Waals surface area contributed by atoms with E-state index in [0.717, 1.165) is 0 Å². The minimum absolute atomic E-state index is 0.110. The number of carbonyl (C=O) groups is 1. The van der Waals surface area contributed by atoms with E-state index in [9.17, 15) is 13.6 Å². The summed E-state index contributed by atoms with van der Waals surface area (Å²) < 4.78 is 24.8. The van der Waals surface area contributed by atoms with Crippen molar-refractivity contribution < 1.29 is 13.6 Å². The molecular weight excluding hydrogens is 270 g/mol. The minimum atomic E-state index is -2.52. The number of amides is 1. The molecule has 6 heteroatoms. The monoisotopic (exact) mass is 284 g/mol. The SMILES string of the molecule is NC1C=CC(C(=O)Nc2ccccc2SC(F)F)C1. The highest BCUT2D eigenvalue weighted by Gasteiger charge is 2.23. The summed E-state index contributed by atoms with van der Waals surface area (Å²) in [4.78, 5) is 12.3. The molecule has 2 unspecified atom stereocenters. The first-order chi connectivity index (χ1) is 9.06. The normalized spacial score (nSPS) is 21.9. The van der Waals surface area contributed by atoms with Gasteiger partial charge < -0.3 is 11.1 Å². The smallest absolute Gasteiger partial charge is 0.288 e. The van der Waals surface area contributed by atoms with Gasteiger partial charge in [0, 0.05) is 10.9 Å². The van der Waals surface area contributed by atoms with Gasteiger partial charge in [0.15, 0.2) is 0 Å². The highest BCUT2D eigenvalue weighted by Crippen LogP contribution is 2.32. The van der Waals surface area contributed by atoms with Crippen molar-refractivity contribution in [3.05, 3.63) is 36.4 Å². The van der Waals surface area contributed by atoms with Crippen molar-refractivity contribution >= 4 is 23.4 Å². The Morgan fingerprint density at radius 3 is 2.74 bits per heavy atom. The molecule has 0 spiro atoms. The number of thioether (sulfide) groups is 1. The molecule has 2 atom stereocenters. The maximum Gasteiger partial charge on any atom is 0.288 e. The van der Waals surface area contributed by atoms with Gasteiger partial charge in [-0.05, 0) is 18.6 Å². The highest BCUT2D eigenvalue weighted by atomic mass is 32.2. The van der Waals surface area contributed by atoms with Gasteiger partial charge in [0.2, 0.25) is 5.91 Å². The molecule has 0 aromatic heterocycles. The lowest BCUT2D eigenvalue weighted by molar-refractivity contribution is -0.118. The molecule has 1 amide bonds. The number of para-hydroxylation sites is 1. The van der Waals surface area contributed by atoms with Crippen LogP contribution in [0.2, 0.25) is 0 Å². The van der Waals surface area contributed by atoms with Gasteiger partial charge >= 0.3 is 0 Å². The average Bonchev–Trinajstić information content (AvgIpc) is 2.78. The Kier molecular flexibility index (Phi) is 4.55. The van der Waals surface area contributed by atoms with Gasteiger partial charge in [-0.1, -0.05) is 36.0 Å². The number of carbonyl (C=O) groups excluding carboxylic acids is 1. The number of benzene rings is 1. The molecule has 0 radical (unpaired) electrons. The van der Waals surface area contributed by atoms with Gasteiger partial charge in [-0.15, -0.1) is 0 Å². The van der Waals surface area contributed by atoms with Gasteiger partial charge in [-0.2, -0.15) is 8.78 Å². The first kappa shape index (κ1) is 14.0. The van der Waals surface area contributed by atoms with Crippen LogP contribution in [0.1, 0.15) is 6.42 Å². The summed E-state index contributed by atoms with van der Waals surface area (Å²) in [6.07, 6.45) is 4.09. The Morgan fingerprint density at radius 1 is 1.37 bits per heavy atom. The Balaban J connectivity index is 2.06. The average molecular weight is 284 g/mol. The van der Waals surface area contributed by atoms with Crippen molar-refractivity contribution in [2.75, 3.05) is 5.32 Å². The van der Waals surface area contributed by atoms with Crippen LogP contribution in [0.25, 0.3) is 0 Å². The van der Waals surface area contributed by atoms with Crippen molar-refractivity contribution in [3.63, 3.8) is 0 Å². The van der Waals surface area contributed by atoms with Crippen molar-refractivity contribution in [2.24, 2.45) is 11.7 Å². The predicted octanol–water partition coefficient (Wildman–Crippen LogP) is 2.84. The van der Waals surface area contributed by atoms with Gasteiger partial charge in [0.1, 0.15) is 0 Å². The topological polar surface area (TPSA) is 55.1 Å². The van der Waals surface area contributed by atoms with Crippen molar-refractivity contribution in [2.45, 2.75) is 23.1 Å². The summed E-state index contributed by atoms with van der Waals surface area (Å²) in [6, 6.07) is 6.42. The fourth-order valence-corrected chi connectivity index (χ4v) is 2.51. The molecule has 1 aromatic carbocycles. The zero-order valence-corrected chi connectivity index (χ0v) is 10.9. The number of rotatable bonds is 4. The number of halogens is 2. The summed E-state index contributed by atoms with van der Waals surface area (Å²) in [5, 5.41) is 2.68. The molecule has 0 fully saturated rings. The van der Waals surface area contributed by atoms with Gasteiger partial charge in [-0.25, -0.2) is 0 Å². The van der Waals surface area contributed by atoms with Crippen LogP contribution in [0.15, 0.2) is 41.3 Å². The summed E-state index contributed by atoms with van der Waals surface area (Å²) in [7, 11) is 0. The number of hydrogen-bond acceptors (Lipinski definition) is 3. The molecule has 1 aliphatic rings. The molecule has 0 saturated carbocycles. The van der Waals surface area contributed by atoms with Crippen LogP contribution in [0.5, 0.6) is 0 Å². The Bertz CT molecular complexity index is 493. The number of anilines is 1. The molecule has 0 heterocycles. The molecule has 2 rings (SSSR count). The summed E-state index contributed by atoms with van der Waals surface area (Å²) >= 11 is 0.419. The van der Waals surface area contributed by atoms with Crippen LogP contribution in [0, 0.1) is 5.92 Å². The summed E-state index contributed by atoms with van der Waals surface area (Å²) in [5.74, 6) is -3.02. The largest absolute Gasteiger partial charge is 0.325 e. The van der Waals surface area contributed by atoms with Crippen LogP contribution in [-0.4, -0.2) is 17.7 Å². The third-order valence-corrected chi connectivity index (χ3v) is 3.60. The van der Waals surface area contributed by atoms with Crippen molar-refractivity contribution in [3.8, 4) is 0 Å². The van der Waals surface area contributed by atoms with Crippen molar-refractivity contribution in [1.29, 1.82) is 0 Å². The van der Waals surface area contributed by atoms with Crippen molar-refractivity contribution in [1.82, 2.24) is 0 Å². The number of nitrogens with two attached hydrogens (primary N) is 1. The Morgan fingerprint density at radius 2 is 2.11 bits per heavy atom. The molecule has 19 heavy (non-hydrogen) atoms. The quantitative estimate of drug-likeness (QED) is 0.660. The molecule has 3 nitrogen and oxygen atoms in total. The number of nitrogens with one attached hydrogen (secondary N) is 1. The lowest BCUT2D eigenvalue weighted by Crippen LogP contribution is -2.24. The Labute approximate surface area is 114 Å². The fourth-order valence-electron chi connectivity index (χ4n) is 1.92. The van der Waals surface area contributed by atoms with Crippen LogP contribution in [0.4, 0.5) is 14.5 Å². The molecule has 0 saturated heterocycles. The molecule has 1 aliphatic carbocycles. The maximum atomic E-state index is 12.4. The van der Waals surface area contributed by atoms with E-state index in [1.54, 1.807) is 36.4 Å². The van der Waals surface area contributed by atoms with Crippen LogP contribution in [-0.2, 0) is 4.79 Å².